The second-order valence-corrected chi connectivity index (χ2v) is 10.3. The van der Waals surface area contributed by atoms with Gasteiger partial charge in [-0.25, -0.2) is 14.2 Å². The van der Waals surface area contributed by atoms with Crippen LogP contribution in [0.25, 0.3) is 22.0 Å². The minimum absolute atomic E-state index is 0.0758. The standard InChI is InChI=1S/C32H34FN3O5/c1-4-40-32(38)30(27-18-25(33)10-12-29(27)41-20-39-3)36-19-34-28-11-9-24(17-26(28)31(36)37)22-7-5-21(6-8-22)23-13-15-35(2)16-14-23/h5-12,17-19,23,30H,4,13-16,20H2,1-3H3. The second kappa shape index (κ2) is 12.6. The topological polar surface area (TPSA) is 82.9 Å². The van der Waals surface area contributed by atoms with Crippen molar-refractivity contribution in [2.24, 2.45) is 0 Å². The van der Waals surface area contributed by atoms with Gasteiger partial charge in [0.1, 0.15) is 11.6 Å². The fraction of sp³-hybridized carbons (Fsp3) is 0.344. The third-order valence-corrected chi connectivity index (χ3v) is 7.60. The Kier molecular flexibility index (Phi) is 8.75. The SMILES string of the molecule is CCOC(=O)C(c1cc(F)ccc1OCOC)n1cnc2ccc(-c3ccc(C4CCN(C)CC4)cc3)cc2c1=O. The molecule has 5 rings (SSSR count). The second-order valence-electron chi connectivity index (χ2n) is 10.3. The number of hydrogen-bond acceptors (Lipinski definition) is 7. The van der Waals surface area contributed by atoms with Crippen molar-refractivity contribution in [2.75, 3.05) is 40.6 Å². The predicted molar refractivity (Wildman–Crippen MR) is 155 cm³/mol. The number of methoxy groups -OCH3 is 1. The number of likely N-dealkylation sites (tertiary alicyclic amines) is 1. The number of carbonyl (C=O) groups excluding carboxylic acids is 1. The van der Waals surface area contributed by atoms with Crippen LogP contribution < -0.4 is 10.3 Å². The summed E-state index contributed by atoms with van der Waals surface area (Å²) < 4.78 is 31.5. The van der Waals surface area contributed by atoms with E-state index in [4.69, 9.17) is 14.2 Å². The summed E-state index contributed by atoms with van der Waals surface area (Å²) in [5.41, 5.74) is 3.30. The lowest BCUT2D eigenvalue weighted by molar-refractivity contribution is -0.145. The van der Waals surface area contributed by atoms with Gasteiger partial charge in [0.05, 0.1) is 23.8 Å². The Balaban J connectivity index is 1.54. The van der Waals surface area contributed by atoms with Crippen molar-refractivity contribution < 1.29 is 23.4 Å². The molecule has 1 aliphatic heterocycles. The molecule has 1 unspecified atom stereocenters. The van der Waals surface area contributed by atoms with Crippen LogP contribution >= 0.6 is 0 Å². The van der Waals surface area contributed by atoms with E-state index in [0.29, 0.717) is 16.8 Å². The first-order valence-corrected chi connectivity index (χ1v) is 13.8. The van der Waals surface area contributed by atoms with Gasteiger partial charge in [-0.1, -0.05) is 30.3 Å². The van der Waals surface area contributed by atoms with Crippen LogP contribution in [0.5, 0.6) is 5.75 Å². The zero-order chi connectivity index (χ0) is 28.9. The van der Waals surface area contributed by atoms with Gasteiger partial charge in [-0.05, 0) is 92.8 Å². The molecule has 1 aliphatic rings. The van der Waals surface area contributed by atoms with E-state index < -0.39 is 23.4 Å². The first-order valence-electron chi connectivity index (χ1n) is 13.8. The van der Waals surface area contributed by atoms with Crippen LogP contribution in [0.4, 0.5) is 4.39 Å². The van der Waals surface area contributed by atoms with Crippen LogP contribution in [0.15, 0.2) is 71.8 Å². The molecule has 9 heteroatoms. The number of piperidine rings is 1. The van der Waals surface area contributed by atoms with E-state index >= 15 is 0 Å². The number of rotatable bonds is 9. The molecule has 0 aliphatic carbocycles. The Hall–Kier alpha value is -4.08. The van der Waals surface area contributed by atoms with Gasteiger partial charge in [0.2, 0.25) is 0 Å². The maximum atomic E-state index is 14.4. The van der Waals surface area contributed by atoms with Crippen LogP contribution in [-0.2, 0) is 14.3 Å². The molecule has 4 aromatic rings. The molecule has 2 heterocycles. The molecular formula is C32H34FN3O5. The molecule has 0 spiro atoms. The molecule has 41 heavy (non-hydrogen) atoms. The average Bonchev–Trinajstić information content (AvgIpc) is 2.98. The highest BCUT2D eigenvalue weighted by Gasteiger charge is 2.30. The summed E-state index contributed by atoms with van der Waals surface area (Å²) in [6.07, 6.45) is 3.57. The summed E-state index contributed by atoms with van der Waals surface area (Å²) in [4.78, 5) is 33.9. The summed E-state index contributed by atoms with van der Waals surface area (Å²) in [5, 5.41) is 0.328. The monoisotopic (exact) mass is 559 g/mol. The summed E-state index contributed by atoms with van der Waals surface area (Å²) in [5.74, 6) is -0.582. The molecule has 0 radical (unpaired) electrons. The van der Waals surface area contributed by atoms with Gasteiger partial charge in [-0.2, -0.15) is 0 Å². The van der Waals surface area contributed by atoms with Gasteiger partial charge in [-0.15, -0.1) is 0 Å². The lowest BCUT2D eigenvalue weighted by Gasteiger charge is -2.29. The van der Waals surface area contributed by atoms with E-state index in [0.717, 1.165) is 43.1 Å². The van der Waals surface area contributed by atoms with Crippen molar-refractivity contribution in [3.63, 3.8) is 0 Å². The fourth-order valence-electron chi connectivity index (χ4n) is 5.39. The van der Waals surface area contributed by atoms with Gasteiger partial charge in [-0.3, -0.25) is 9.36 Å². The number of carbonyl (C=O) groups is 1. The van der Waals surface area contributed by atoms with E-state index in [1.807, 2.05) is 6.07 Å². The quantitative estimate of drug-likeness (QED) is 0.207. The van der Waals surface area contributed by atoms with E-state index in [9.17, 15) is 14.0 Å². The molecule has 1 aromatic heterocycles. The predicted octanol–water partition coefficient (Wildman–Crippen LogP) is 5.15. The van der Waals surface area contributed by atoms with E-state index in [1.54, 1.807) is 19.1 Å². The van der Waals surface area contributed by atoms with Crippen molar-refractivity contribution in [2.45, 2.75) is 31.7 Å². The van der Waals surface area contributed by atoms with Crippen LogP contribution in [0.3, 0.4) is 0 Å². The Morgan fingerprint density at radius 1 is 1.05 bits per heavy atom. The normalized spacial score (nSPS) is 15.1. The average molecular weight is 560 g/mol. The molecule has 0 bridgehead atoms. The molecule has 3 aromatic carbocycles. The molecule has 1 atom stereocenters. The summed E-state index contributed by atoms with van der Waals surface area (Å²) in [6.45, 7) is 3.80. The summed E-state index contributed by atoms with van der Waals surface area (Å²) >= 11 is 0. The van der Waals surface area contributed by atoms with Crippen LogP contribution in [0.2, 0.25) is 0 Å². The number of benzene rings is 3. The molecule has 0 saturated carbocycles. The molecule has 8 nitrogen and oxygen atoms in total. The smallest absolute Gasteiger partial charge is 0.334 e. The Morgan fingerprint density at radius 2 is 1.78 bits per heavy atom. The third kappa shape index (κ3) is 6.16. The Bertz CT molecular complexity index is 1580. The number of nitrogens with zero attached hydrogens (tertiary/aromatic N) is 3. The third-order valence-electron chi connectivity index (χ3n) is 7.60. The van der Waals surface area contributed by atoms with E-state index in [-0.39, 0.29) is 24.7 Å². The lowest BCUT2D eigenvalue weighted by atomic mass is 9.88. The summed E-state index contributed by atoms with van der Waals surface area (Å²) in [7, 11) is 3.60. The number of halogens is 1. The first kappa shape index (κ1) is 28.4. The largest absolute Gasteiger partial charge is 0.467 e. The van der Waals surface area contributed by atoms with Crippen LogP contribution in [-0.4, -0.2) is 61.1 Å². The summed E-state index contributed by atoms with van der Waals surface area (Å²) in [6, 6.07) is 16.4. The van der Waals surface area contributed by atoms with Gasteiger partial charge in [0, 0.05) is 12.7 Å². The Morgan fingerprint density at radius 3 is 2.49 bits per heavy atom. The molecule has 1 saturated heterocycles. The van der Waals surface area contributed by atoms with E-state index in [2.05, 4.69) is 41.2 Å². The van der Waals surface area contributed by atoms with Crippen LogP contribution in [0, 0.1) is 5.82 Å². The fourth-order valence-corrected chi connectivity index (χ4v) is 5.39. The molecular weight excluding hydrogens is 525 g/mol. The van der Waals surface area contributed by atoms with Gasteiger partial charge >= 0.3 is 5.97 Å². The highest BCUT2D eigenvalue weighted by Crippen LogP contribution is 2.32. The molecule has 214 valence electrons. The highest BCUT2D eigenvalue weighted by atomic mass is 19.1. The number of ether oxygens (including phenoxy) is 3. The van der Waals surface area contributed by atoms with Gasteiger partial charge in [0.25, 0.3) is 5.56 Å². The number of aromatic nitrogens is 2. The van der Waals surface area contributed by atoms with Gasteiger partial charge < -0.3 is 19.1 Å². The number of esters is 1. The van der Waals surface area contributed by atoms with E-state index in [1.165, 1.54) is 35.7 Å². The molecule has 1 fully saturated rings. The van der Waals surface area contributed by atoms with Crippen molar-refractivity contribution in [1.82, 2.24) is 14.5 Å². The van der Waals surface area contributed by atoms with Gasteiger partial charge in [0.15, 0.2) is 12.8 Å². The molecule has 0 N–H and O–H groups in total. The van der Waals surface area contributed by atoms with Crippen LogP contribution in [0.1, 0.15) is 42.9 Å². The zero-order valence-electron chi connectivity index (χ0n) is 23.5. The van der Waals surface area contributed by atoms with Crippen molar-refractivity contribution in [3.8, 4) is 16.9 Å². The van der Waals surface area contributed by atoms with Crippen molar-refractivity contribution >= 4 is 16.9 Å². The maximum Gasteiger partial charge on any atom is 0.334 e. The first-order chi connectivity index (χ1) is 19.9. The minimum atomic E-state index is -1.32. The Labute approximate surface area is 238 Å². The minimum Gasteiger partial charge on any atom is -0.467 e. The van der Waals surface area contributed by atoms with Crippen molar-refractivity contribution in [3.05, 3.63) is 94.3 Å². The number of hydrogen-bond donors (Lipinski definition) is 0. The van der Waals surface area contributed by atoms with Crippen molar-refractivity contribution in [1.29, 1.82) is 0 Å². The number of fused-ring (bicyclic) bond motifs is 1. The highest BCUT2D eigenvalue weighted by molar-refractivity contribution is 5.85. The lowest BCUT2D eigenvalue weighted by Crippen LogP contribution is -2.32. The molecule has 0 amide bonds. The zero-order valence-corrected chi connectivity index (χ0v) is 23.5. The maximum absolute atomic E-state index is 14.4.